The van der Waals surface area contributed by atoms with E-state index >= 15 is 0 Å². The molecule has 2 rings (SSSR count). The maximum atomic E-state index is 6.03. The van der Waals surface area contributed by atoms with Crippen molar-refractivity contribution in [2.45, 2.75) is 19.5 Å². The molecule has 84 valence electrons. The lowest BCUT2D eigenvalue weighted by Gasteiger charge is -2.12. The van der Waals surface area contributed by atoms with Gasteiger partial charge >= 0.3 is 0 Å². The van der Waals surface area contributed by atoms with E-state index in [0.29, 0.717) is 11.1 Å². The predicted molar refractivity (Wildman–Crippen MR) is 68.8 cm³/mol. The van der Waals surface area contributed by atoms with Crippen LogP contribution in [0, 0.1) is 0 Å². The first-order chi connectivity index (χ1) is 7.77. The van der Waals surface area contributed by atoms with Crippen molar-refractivity contribution in [2.75, 3.05) is 0 Å². The largest absolute Gasteiger partial charge is 0.305 e. The molecule has 0 spiro atoms. The summed E-state index contributed by atoms with van der Waals surface area (Å²) in [7, 11) is 0. The van der Waals surface area contributed by atoms with Gasteiger partial charge in [0.15, 0.2) is 0 Å². The van der Waals surface area contributed by atoms with Crippen LogP contribution < -0.4 is 5.32 Å². The average molecular weight is 253 g/mol. The zero-order valence-corrected chi connectivity index (χ0v) is 10.6. The summed E-state index contributed by atoms with van der Waals surface area (Å²) in [6.45, 7) is 2.92. The molecular formula is C12H13ClN2S. The Bertz CT molecular complexity index is 442. The molecule has 4 heteroatoms. The van der Waals surface area contributed by atoms with Crippen molar-refractivity contribution >= 4 is 22.9 Å². The molecular weight excluding hydrogens is 240 g/mol. The van der Waals surface area contributed by atoms with Gasteiger partial charge in [0.1, 0.15) is 0 Å². The Kier molecular flexibility index (Phi) is 3.93. The molecule has 0 aliphatic rings. The average Bonchev–Trinajstić information content (AvgIpc) is 2.81. The third-order valence-corrected chi connectivity index (χ3v) is 3.82. The summed E-state index contributed by atoms with van der Waals surface area (Å²) in [6.07, 6.45) is 3.44. The van der Waals surface area contributed by atoms with Gasteiger partial charge in [-0.2, -0.15) is 0 Å². The number of hydrogen-bond acceptors (Lipinski definition) is 3. The summed E-state index contributed by atoms with van der Waals surface area (Å²) in [4.78, 5) is 5.30. The molecule has 0 aliphatic heterocycles. The first-order valence-electron chi connectivity index (χ1n) is 5.12. The van der Waals surface area contributed by atoms with Crippen molar-refractivity contribution in [1.29, 1.82) is 0 Å². The fraction of sp³-hybridized carbons (Fsp3) is 0.250. The lowest BCUT2D eigenvalue weighted by Crippen LogP contribution is -2.17. The van der Waals surface area contributed by atoms with Crippen LogP contribution in [0.2, 0.25) is 5.02 Å². The third kappa shape index (κ3) is 2.82. The zero-order valence-electron chi connectivity index (χ0n) is 8.98. The lowest BCUT2D eigenvalue weighted by molar-refractivity contribution is 0.582. The van der Waals surface area contributed by atoms with Gasteiger partial charge in [-0.1, -0.05) is 17.7 Å². The van der Waals surface area contributed by atoms with Crippen LogP contribution in [-0.4, -0.2) is 4.98 Å². The van der Waals surface area contributed by atoms with E-state index in [0.717, 1.165) is 12.1 Å². The van der Waals surface area contributed by atoms with Gasteiger partial charge in [0, 0.05) is 29.9 Å². The van der Waals surface area contributed by atoms with Crippen LogP contribution >= 0.6 is 22.9 Å². The van der Waals surface area contributed by atoms with Crippen molar-refractivity contribution in [3.05, 3.63) is 51.4 Å². The van der Waals surface area contributed by atoms with Crippen LogP contribution in [0.5, 0.6) is 0 Å². The standard InChI is InChI=1S/C12H13ClN2S/c1-9(12-3-2-6-16-12)15-7-10-4-5-14-8-11(10)13/h2-6,8-9,15H,7H2,1H3. The Morgan fingerprint density at radius 3 is 3.06 bits per heavy atom. The third-order valence-electron chi connectivity index (χ3n) is 2.43. The van der Waals surface area contributed by atoms with Crippen LogP contribution in [-0.2, 0) is 6.54 Å². The summed E-state index contributed by atoms with van der Waals surface area (Å²) in [6, 6.07) is 6.49. The molecule has 1 unspecified atom stereocenters. The molecule has 1 atom stereocenters. The smallest absolute Gasteiger partial charge is 0.0634 e. The van der Waals surface area contributed by atoms with Gasteiger partial charge in [-0.15, -0.1) is 11.3 Å². The number of nitrogens with one attached hydrogen (secondary N) is 1. The van der Waals surface area contributed by atoms with E-state index in [9.17, 15) is 0 Å². The molecule has 0 fully saturated rings. The maximum absolute atomic E-state index is 6.03. The summed E-state index contributed by atoms with van der Waals surface area (Å²) in [5, 5.41) is 6.25. The molecule has 2 nitrogen and oxygen atoms in total. The molecule has 1 N–H and O–H groups in total. The van der Waals surface area contributed by atoms with Gasteiger partial charge < -0.3 is 5.32 Å². The molecule has 0 aromatic carbocycles. The van der Waals surface area contributed by atoms with Crippen LogP contribution in [0.25, 0.3) is 0 Å². The highest BCUT2D eigenvalue weighted by Crippen LogP contribution is 2.20. The molecule has 0 radical (unpaired) electrons. The summed E-state index contributed by atoms with van der Waals surface area (Å²) >= 11 is 7.80. The molecule has 2 aromatic rings. The van der Waals surface area contributed by atoms with E-state index in [1.54, 1.807) is 23.7 Å². The van der Waals surface area contributed by atoms with E-state index < -0.39 is 0 Å². The number of halogens is 1. The first kappa shape index (κ1) is 11.6. The molecule has 2 heterocycles. The van der Waals surface area contributed by atoms with Crippen molar-refractivity contribution in [1.82, 2.24) is 10.3 Å². The van der Waals surface area contributed by atoms with E-state index in [-0.39, 0.29) is 0 Å². The van der Waals surface area contributed by atoms with Gasteiger partial charge in [-0.25, -0.2) is 0 Å². The summed E-state index contributed by atoms with van der Waals surface area (Å²) in [5.41, 5.74) is 1.08. The minimum Gasteiger partial charge on any atom is -0.305 e. The van der Waals surface area contributed by atoms with Crippen LogP contribution in [0.15, 0.2) is 36.0 Å². The quantitative estimate of drug-likeness (QED) is 0.899. The van der Waals surface area contributed by atoms with Crippen molar-refractivity contribution in [2.24, 2.45) is 0 Å². The van der Waals surface area contributed by atoms with Crippen molar-refractivity contribution in [3.8, 4) is 0 Å². The van der Waals surface area contributed by atoms with Crippen molar-refractivity contribution < 1.29 is 0 Å². The van der Waals surface area contributed by atoms with Crippen LogP contribution in [0.4, 0.5) is 0 Å². The highest BCUT2D eigenvalue weighted by atomic mass is 35.5. The number of nitrogens with zero attached hydrogens (tertiary/aromatic N) is 1. The topological polar surface area (TPSA) is 24.9 Å². The monoisotopic (exact) mass is 252 g/mol. The van der Waals surface area contributed by atoms with E-state index in [2.05, 4.69) is 34.7 Å². The van der Waals surface area contributed by atoms with Gasteiger partial charge in [-0.05, 0) is 30.0 Å². The molecule has 0 amide bonds. The highest BCUT2D eigenvalue weighted by molar-refractivity contribution is 7.10. The lowest BCUT2D eigenvalue weighted by atomic mass is 10.2. The Hall–Kier alpha value is -0.900. The number of pyridine rings is 1. The maximum Gasteiger partial charge on any atom is 0.0634 e. The second kappa shape index (κ2) is 5.43. The number of aromatic nitrogens is 1. The van der Waals surface area contributed by atoms with E-state index in [4.69, 9.17) is 11.6 Å². The Morgan fingerprint density at radius 2 is 2.38 bits per heavy atom. The minimum atomic E-state index is 0.351. The SMILES string of the molecule is CC(NCc1ccncc1Cl)c1cccs1. The molecule has 0 saturated carbocycles. The molecule has 0 aliphatic carbocycles. The number of rotatable bonds is 4. The Balaban J connectivity index is 1.95. The Morgan fingerprint density at radius 1 is 1.50 bits per heavy atom. The van der Waals surface area contributed by atoms with Crippen LogP contribution in [0.3, 0.4) is 0 Å². The fourth-order valence-electron chi connectivity index (χ4n) is 1.45. The summed E-state index contributed by atoms with van der Waals surface area (Å²) < 4.78 is 0. The second-order valence-corrected chi connectivity index (χ2v) is 4.97. The van der Waals surface area contributed by atoms with Gasteiger partial charge in [0.25, 0.3) is 0 Å². The van der Waals surface area contributed by atoms with E-state index in [1.807, 2.05) is 6.07 Å². The fourth-order valence-corrected chi connectivity index (χ4v) is 2.39. The molecule has 0 bridgehead atoms. The zero-order chi connectivity index (χ0) is 11.4. The van der Waals surface area contributed by atoms with Gasteiger partial charge in [0.2, 0.25) is 0 Å². The van der Waals surface area contributed by atoms with Gasteiger partial charge in [-0.3, -0.25) is 4.98 Å². The minimum absolute atomic E-state index is 0.351. The normalized spacial score (nSPS) is 12.6. The molecule has 0 saturated heterocycles. The van der Waals surface area contributed by atoms with Gasteiger partial charge in [0.05, 0.1) is 5.02 Å². The molecule has 2 aromatic heterocycles. The predicted octanol–water partition coefficient (Wildman–Crippen LogP) is 3.65. The molecule has 16 heavy (non-hydrogen) atoms. The number of thiophene rings is 1. The highest BCUT2D eigenvalue weighted by Gasteiger charge is 2.06. The summed E-state index contributed by atoms with van der Waals surface area (Å²) in [5.74, 6) is 0. The van der Waals surface area contributed by atoms with E-state index in [1.165, 1.54) is 4.88 Å². The number of hydrogen-bond donors (Lipinski definition) is 1. The second-order valence-electron chi connectivity index (χ2n) is 3.59. The first-order valence-corrected chi connectivity index (χ1v) is 6.38. The van der Waals surface area contributed by atoms with Crippen molar-refractivity contribution in [3.63, 3.8) is 0 Å². The Labute approximate surface area is 104 Å². The van der Waals surface area contributed by atoms with Crippen LogP contribution in [0.1, 0.15) is 23.4 Å².